The van der Waals surface area contributed by atoms with E-state index in [9.17, 15) is 9.18 Å². The molecule has 0 aliphatic carbocycles. The molecule has 1 amide bonds. The van der Waals surface area contributed by atoms with E-state index in [4.69, 9.17) is 5.73 Å². The summed E-state index contributed by atoms with van der Waals surface area (Å²) in [7, 11) is 0. The molecular formula is C11H17FN4O. The van der Waals surface area contributed by atoms with Gasteiger partial charge < -0.3 is 11.1 Å². The van der Waals surface area contributed by atoms with Gasteiger partial charge in [-0.25, -0.2) is 14.4 Å². The number of nitrogens with one attached hydrogen (secondary N) is 1. The van der Waals surface area contributed by atoms with Crippen molar-refractivity contribution >= 4 is 11.7 Å². The summed E-state index contributed by atoms with van der Waals surface area (Å²) in [5, 5.41) is 2.87. The van der Waals surface area contributed by atoms with E-state index >= 15 is 0 Å². The summed E-state index contributed by atoms with van der Waals surface area (Å²) in [6.45, 7) is 5.32. The molecule has 6 heteroatoms. The first-order valence-electron chi connectivity index (χ1n) is 5.41. The molecule has 0 aliphatic heterocycles. The number of anilines is 1. The van der Waals surface area contributed by atoms with E-state index in [1.807, 2.05) is 6.92 Å². The third kappa shape index (κ3) is 3.65. The Morgan fingerprint density at radius 1 is 1.53 bits per heavy atom. The predicted octanol–water partition coefficient (Wildman–Crippen LogP) is 1.24. The van der Waals surface area contributed by atoms with Crippen LogP contribution in [0.5, 0.6) is 0 Å². The van der Waals surface area contributed by atoms with Gasteiger partial charge in [0.25, 0.3) is 0 Å². The number of amides is 1. The molecule has 5 nitrogen and oxygen atoms in total. The van der Waals surface area contributed by atoms with Crippen LogP contribution in [0.2, 0.25) is 0 Å². The Morgan fingerprint density at radius 2 is 2.18 bits per heavy atom. The van der Waals surface area contributed by atoms with Gasteiger partial charge in [-0.15, -0.1) is 0 Å². The lowest BCUT2D eigenvalue weighted by Crippen LogP contribution is -2.36. The molecule has 0 saturated carbocycles. The molecule has 1 heterocycles. The summed E-state index contributed by atoms with van der Waals surface area (Å²) in [6.07, 6.45) is 1.88. The number of nitrogens with two attached hydrogens (primary N) is 1. The first kappa shape index (κ1) is 13.3. The fourth-order valence-electron chi connectivity index (χ4n) is 1.54. The Labute approximate surface area is 99.6 Å². The SMILES string of the molecule is CCc1ncnc(NC(C)(C)CC(N)=O)c1F. The smallest absolute Gasteiger partial charge is 0.219 e. The summed E-state index contributed by atoms with van der Waals surface area (Å²) in [6, 6.07) is 0. The Hall–Kier alpha value is -1.72. The molecule has 94 valence electrons. The number of rotatable bonds is 5. The number of nitrogens with zero attached hydrogens (tertiary/aromatic N) is 2. The maximum absolute atomic E-state index is 13.8. The number of primary amides is 1. The van der Waals surface area contributed by atoms with Crippen LogP contribution in [0, 0.1) is 5.82 Å². The number of carbonyl (C=O) groups excluding carboxylic acids is 1. The van der Waals surface area contributed by atoms with Crippen LogP contribution >= 0.6 is 0 Å². The van der Waals surface area contributed by atoms with Gasteiger partial charge in [0.05, 0.1) is 5.69 Å². The van der Waals surface area contributed by atoms with Gasteiger partial charge >= 0.3 is 0 Å². The van der Waals surface area contributed by atoms with Gasteiger partial charge in [0, 0.05) is 12.0 Å². The number of hydrogen-bond acceptors (Lipinski definition) is 4. The van der Waals surface area contributed by atoms with Crippen molar-refractivity contribution in [1.29, 1.82) is 0 Å². The molecule has 3 N–H and O–H groups in total. The number of carbonyl (C=O) groups is 1. The molecule has 0 atom stereocenters. The molecule has 0 radical (unpaired) electrons. The fourth-order valence-corrected chi connectivity index (χ4v) is 1.54. The van der Waals surface area contributed by atoms with Crippen LogP contribution in [0.25, 0.3) is 0 Å². The lowest BCUT2D eigenvalue weighted by Gasteiger charge is -2.25. The molecule has 0 aromatic carbocycles. The molecule has 1 rings (SSSR count). The predicted molar refractivity (Wildman–Crippen MR) is 62.9 cm³/mol. The van der Waals surface area contributed by atoms with Gasteiger partial charge in [0.15, 0.2) is 11.6 Å². The van der Waals surface area contributed by atoms with Gasteiger partial charge in [-0.1, -0.05) is 6.92 Å². The Morgan fingerprint density at radius 3 is 2.71 bits per heavy atom. The summed E-state index contributed by atoms with van der Waals surface area (Å²) >= 11 is 0. The molecule has 1 aromatic rings. The Balaban J connectivity index is 2.91. The minimum Gasteiger partial charge on any atom is -0.370 e. The monoisotopic (exact) mass is 240 g/mol. The highest BCUT2D eigenvalue weighted by molar-refractivity contribution is 5.75. The van der Waals surface area contributed by atoms with Gasteiger partial charge in [0.1, 0.15) is 6.33 Å². The molecule has 0 saturated heterocycles. The van der Waals surface area contributed by atoms with Crippen molar-refractivity contribution in [2.75, 3.05) is 5.32 Å². The maximum atomic E-state index is 13.8. The van der Waals surface area contributed by atoms with E-state index < -0.39 is 17.3 Å². The average molecular weight is 240 g/mol. The van der Waals surface area contributed by atoms with Crippen LogP contribution in [0.1, 0.15) is 32.9 Å². The first-order chi connectivity index (χ1) is 7.85. The standard InChI is InChI=1S/C11H17FN4O/c1-4-7-9(12)10(15-6-14-7)16-11(2,3)5-8(13)17/h6H,4-5H2,1-3H3,(H2,13,17)(H,14,15,16). The zero-order valence-electron chi connectivity index (χ0n) is 10.2. The third-order valence-electron chi connectivity index (χ3n) is 2.27. The number of aryl methyl sites for hydroxylation is 1. The second-order valence-electron chi connectivity index (χ2n) is 4.49. The van der Waals surface area contributed by atoms with Crippen LogP contribution in [0.4, 0.5) is 10.2 Å². The van der Waals surface area contributed by atoms with Crippen molar-refractivity contribution < 1.29 is 9.18 Å². The quantitative estimate of drug-likeness (QED) is 0.811. The van der Waals surface area contributed by atoms with Crippen LogP contribution < -0.4 is 11.1 Å². The molecule has 0 aliphatic rings. The molecule has 17 heavy (non-hydrogen) atoms. The maximum Gasteiger partial charge on any atom is 0.219 e. The minimum absolute atomic E-state index is 0.0951. The van der Waals surface area contributed by atoms with E-state index in [0.29, 0.717) is 12.1 Å². The molecule has 0 spiro atoms. The molecular weight excluding hydrogens is 223 g/mol. The summed E-state index contributed by atoms with van der Waals surface area (Å²) in [5.41, 5.74) is 4.82. The number of hydrogen-bond donors (Lipinski definition) is 2. The topological polar surface area (TPSA) is 80.9 Å². The van der Waals surface area contributed by atoms with E-state index in [1.54, 1.807) is 13.8 Å². The van der Waals surface area contributed by atoms with Gasteiger partial charge in [0.2, 0.25) is 5.91 Å². The zero-order chi connectivity index (χ0) is 13.1. The van der Waals surface area contributed by atoms with Crippen molar-refractivity contribution in [2.45, 2.75) is 39.2 Å². The molecule has 1 aromatic heterocycles. The van der Waals surface area contributed by atoms with Crippen LogP contribution in [0.3, 0.4) is 0 Å². The first-order valence-corrected chi connectivity index (χ1v) is 5.41. The van der Waals surface area contributed by atoms with Crippen LogP contribution in [-0.4, -0.2) is 21.4 Å². The van der Waals surface area contributed by atoms with E-state index in [-0.39, 0.29) is 12.2 Å². The highest BCUT2D eigenvalue weighted by Crippen LogP contribution is 2.20. The van der Waals surface area contributed by atoms with E-state index in [1.165, 1.54) is 6.33 Å². The summed E-state index contributed by atoms with van der Waals surface area (Å²) in [5.74, 6) is -0.830. The Kier molecular flexibility index (Phi) is 3.98. The highest BCUT2D eigenvalue weighted by atomic mass is 19.1. The molecule has 0 unspecified atom stereocenters. The largest absolute Gasteiger partial charge is 0.370 e. The Bertz CT molecular complexity index is 420. The summed E-state index contributed by atoms with van der Waals surface area (Å²) < 4.78 is 13.8. The highest BCUT2D eigenvalue weighted by Gasteiger charge is 2.23. The van der Waals surface area contributed by atoms with Gasteiger partial charge in [-0.05, 0) is 20.3 Å². The van der Waals surface area contributed by atoms with Gasteiger partial charge in [-0.3, -0.25) is 4.79 Å². The number of halogens is 1. The lowest BCUT2D eigenvalue weighted by molar-refractivity contribution is -0.118. The molecule has 0 bridgehead atoms. The molecule has 0 fully saturated rings. The van der Waals surface area contributed by atoms with Gasteiger partial charge in [-0.2, -0.15) is 0 Å². The van der Waals surface area contributed by atoms with Crippen molar-refractivity contribution in [3.63, 3.8) is 0 Å². The summed E-state index contributed by atoms with van der Waals surface area (Å²) in [4.78, 5) is 18.5. The zero-order valence-corrected chi connectivity index (χ0v) is 10.2. The third-order valence-corrected chi connectivity index (χ3v) is 2.27. The van der Waals surface area contributed by atoms with E-state index in [0.717, 1.165) is 0 Å². The second kappa shape index (κ2) is 5.07. The lowest BCUT2D eigenvalue weighted by atomic mass is 10.0. The van der Waals surface area contributed by atoms with Crippen LogP contribution in [0.15, 0.2) is 6.33 Å². The fraction of sp³-hybridized carbons (Fsp3) is 0.545. The van der Waals surface area contributed by atoms with Crippen molar-refractivity contribution in [3.05, 3.63) is 17.8 Å². The second-order valence-corrected chi connectivity index (χ2v) is 4.49. The normalized spacial score (nSPS) is 11.3. The van der Waals surface area contributed by atoms with E-state index in [2.05, 4.69) is 15.3 Å². The average Bonchev–Trinajstić information content (AvgIpc) is 2.19. The number of aromatic nitrogens is 2. The van der Waals surface area contributed by atoms with Crippen molar-refractivity contribution in [3.8, 4) is 0 Å². The minimum atomic E-state index is -0.647. The van der Waals surface area contributed by atoms with Crippen LogP contribution in [-0.2, 0) is 11.2 Å². The van der Waals surface area contributed by atoms with Crippen molar-refractivity contribution in [1.82, 2.24) is 9.97 Å². The van der Waals surface area contributed by atoms with Crippen molar-refractivity contribution in [2.24, 2.45) is 5.73 Å².